The third-order valence-electron chi connectivity index (χ3n) is 6.37. The van der Waals surface area contributed by atoms with E-state index >= 15 is 0 Å². The third kappa shape index (κ3) is 18.0. The number of rotatable bonds is 23. The first-order chi connectivity index (χ1) is 14.2. The van der Waals surface area contributed by atoms with Crippen molar-refractivity contribution in [2.45, 2.75) is 149 Å². The summed E-state index contributed by atoms with van der Waals surface area (Å²) in [6.45, 7) is 8.04. The second-order valence-corrected chi connectivity index (χ2v) is 8.87. The Hall–Kier alpha value is -0.570. The van der Waals surface area contributed by atoms with Gasteiger partial charge in [0, 0.05) is 0 Å². The topological polar surface area (TPSA) is 40.5 Å². The van der Waals surface area contributed by atoms with Gasteiger partial charge in [-0.25, -0.2) is 0 Å². The van der Waals surface area contributed by atoms with Crippen molar-refractivity contribution in [2.75, 3.05) is 13.1 Å². The fourth-order valence-corrected chi connectivity index (χ4v) is 4.37. The molecule has 0 bridgehead atoms. The van der Waals surface area contributed by atoms with Gasteiger partial charge in [0.25, 0.3) is 0 Å². The van der Waals surface area contributed by atoms with Gasteiger partial charge in [-0.15, -0.1) is 0 Å². The van der Waals surface area contributed by atoms with E-state index in [1.165, 1.54) is 109 Å². The summed E-state index contributed by atoms with van der Waals surface area (Å²) in [7, 11) is 0. The monoisotopic (exact) mass is 411 g/mol. The molecule has 0 aromatic rings. The first-order valence-corrected chi connectivity index (χ1v) is 13.1. The van der Waals surface area contributed by atoms with Crippen LogP contribution in [0.5, 0.6) is 0 Å². The quantitative estimate of drug-likeness (QED) is 0.172. The summed E-state index contributed by atoms with van der Waals surface area (Å²) >= 11 is 0. The van der Waals surface area contributed by atoms with E-state index in [-0.39, 0.29) is 6.04 Å². The molecule has 29 heavy (non-hydrogen) atoms. The highest BCUT2D eigenvalue weighted by Gasteiger charge is 2.22. The molecule has 3 nitrogen and oxygen atoms in total. The Morgan fingerprint density at radius 2 is 0.897 bits per heavy atom. The van der Waals surface area contributed by atoms with Gasteiger partial charge >= 0.3 is 5.97 Å². The largest absolute Gasteiger partial charge is 0.480 e. The standard InChI is InChI=1S/C26H53NO2/c1-4-7-8-9-10-11-12-13-14-15-16-17-18-19-20-21-22-23-24-25(26(28)29)27(5-2)6-3/h25H,4-24H2,1-3H3,(H,28,29). The van der Waals surface area contributed by atoms with Crippen molar-refractivity contribution in [3.05, 3.63) is 0 Å². The number of hydrogen-bond donors (Lipinski definition) is 1. The molecule has 0 rings (SSSR count). The zero-order valence-corrected chi connectivity index (χ0v) is 20.2. The molecule has 0 aliphatic carbocycles. The summed E-state index contributed by atoms with van der Waals surface area (Å²) in [4.78, 5) is 13.5. The first-order valence-electron chi connectivity index (χ1n) is 13.1. The number of nitrogens with zero attached hydrogens (tertiary/aromatic N) is 1. The summed E-state index contributed by atoms with van der Waals surface area (Å²) in [5.74, 6) is -0.652. The van der Waals surface area contributed by atoms with E-state index in [1.54, 1.807) is 0 Å². The molecule has 1 N–H and O–H groups in total. The van der Waals surface area contributed by atoms with Gasteiger partial charge in [-0.2, -0.15) is 0 Å². The van der Waals surface area contributed by atoms with E-state index < -0.39 is 5.97 Å². The minimum atomic E-state index is -0.652. The van der Waals surface area contributed by atoms with Gasteiger partial charge in [-0.3, -0.25) is 9.69 Å². The van der Waals surface area contributed by atoms with Crippen molar-refractivity contribution < 1.29 is 9.90 Å². The number of carbonyl (C=O) groups is 1. The van der Waals surface area contributed by atoms with Crippen LogP contribution in [0.4, 0.5) is 0 Å². The maximum absolute atomic E-state index is 11.4. The van der Waals surface area contributed by atoms with Crippen molar-refractivity contribution in [1.29, 1.82) is 0 Å². The van der Waals surface area contributed by atoms with Crippen molar-refractivity contribution in [2.24, 2.45) is 0 Å². The highest BCUT2D eigenvalue weighted by molar-refractivity contribution is 5.73. The van der Waals surface area contributed by atoms with Crippen LogP contribution in [0.1, 0.15) is 143 Å². The summed E-state index contributed by atoms with van der Waals surface area (Å²) < 4.78 is 0. The molecule has 0 saturated carbocycles. The molecule has 0 aliphatic heterocycles. The fraction of sp³-hybridized carbons (Fsp3) is 0.962. The normalized spacial score (nSPS) is 12.6. The molecule has 0 spiro atoms. The lowest BCUT2D eigenvalue weighted by atomic mass is 10.0. The van der Waals surface area contributed by atoms with E-state index in [0.29, 0.717) is 0 Å². The molecular weight excluding hydrogens is 358 g/mol. The average Bonchev–Trinajstić information content (AvgIpc) is 2.72. The Bertz CT molecular complexity index is 342. The Labute approximate surface area is 183 Å². The van der Waals surface area contributed by atoms with Gasteiger partial charge in [-0.05, 0) is 19.5 Å². The number of carboxylic acid groups (broad SMARTS) is 1. The molecule has 3 heteroatoms. The highest BCUT2D eigenvalue weighted by Crippen LogP contribution is 2.16. The van der Waals surface area contributed by atoms with E-state index in [4.69, 9.17) is 0 Å². The van der Waals surface area contributed by atoms with Crippen LogP contribution in [0.15, 0.2) is 0 Å². The minimum absolute atomic E-state index is 0.286. The van der Waals surface area contributed by atoms with Crippen LogP contribution in [0.25, 0.3) is 0 Å². The first kappa shape index (κ1) is 28.4. The lowest BCUT2D eigenvalue weighted by Gasteiger charge is -2.26. The van der Waals surface area contributed by atoms with Crippen LogP contribution in [0.2, 0.25) is 0 Å². The van der Waals surface area contributed by atoms with E-state index in [0.717, 1.165) is 25.9 Å². The lowest BCUT2D eigenvalue weighted by Crippen LogP contribution is -2.40. The molecule has 0 amide bonds. The van der Waals surface area contributed by atoms with Crippen molar-refractivity contribution in [1.82, 2.24) is 4.90 Å². The van der Waals surface area contributed by atoms with E-state index in [2.05, 4.69) is 25.7 Å². The summed E-state index contributed by atoms with van der Waals surface area (Å²) in [6.07, 6.45) is 25.5. The van der Waals surface area contributed by atoms with Crippen molar-refractivity contribution in [3.63, 3.8) is 0 Å². The predicted molar refractivity (Wildman–Crippen MR) is 128 cm³/mol. The molecule has 0 radical (unpaired) electrons. The van der Waals surface area contributed by atoms with Crippen molar-refractivity contribution >= 4 is 5.97 Å². The van der Waals surface area contributed by atoms with Gasteiger partial charge < -0.3 is 5.11 Å². The number of hydrogen-bond acceptors (Lipinski definition) is 2. The van der Waals surface area contributed by atoms with Crippen LogP contribution >= 0.6 is 0 Å². The van der Waals surface area contributed by atoms with Crippen LogP contribution < -0.4 is 0 Å². The average molecular weight is 412 g/mol. The summed E-state index contributed by atoms with van der Waals surface area (Å²) in [5.41, 5.74) is 0. The van der Waals surface area contributed by atoms with Gasteiger partial charge in [0.1, 0.15) is 6.04 Å². The molecule has 1 atom stereocenters. The Morgan fingerprint density at radius 3 is 1.17 bits per heavy atom. The third-order valence-corrected chi connectivity index (χ3v) is 6.37. The molecule has 1 unspecified atom stereocenters. The Morgan fingerprint density at radius 1 is 0.586 bits per heavy atom. The number of carboxylic acids is 1. The maximum atomic E-state index is 11.4. The molecule has 174 valence electrons. The SMILES string of the molecule is CCCCCCCCCCCCCCCCCCCCC(C(=O)O)N(CC)CC. The van der Waals surface area contributed by atoms with Gasteiger partial charge in [-0.1, -0.05) is 136 Å². The van der Waals surface area contributed by atoms with Gasteiger partial charge in [0.05, 0.1) is 0 Å². The fourth-order valence-electron chi connectivity index (χ4n) is 4.37. The van der Waals surface area contributed by atoms with Crippen LogP contribution in [-0.2, 0) is 4.79 Å². The Balaban J connectivity index is 3.32. The lowest BCUT2D eigenvalue weighted by molar-refractivity contribution is -0.143. The second-order valence-electron chi connectivity index (χ2n) is 8.87. The predicted octanol–water partition coefficient (Wildman–Crippen LogP) is 8.21. The van der Waals surface area contributed by atoms with Crippen LogP contribution in [0, 0.1) is 0 Å². The minimum Gasteiger partial charge on any atom is -0.480 e. The molecule has 0 aromatic heterocycles. The molecule has 0 aliphatic rings. The number of unbranched alkanes of at least 4 members (excludes halogenated alkanes) is 17. The maximum Gasteiger partial charge on any atom is 0.320 e. The molecule has 0 saturated heterocycles. The molecule has 0 fully saturated rings. The van der Waals surface area contributed by atoms with Crippen LogP contribution in [0.3, 0.4) is 0 Å². The molecule has 0 aromatic carbocycles. The summed E-state index contributed by atoms with van der Waals surface area (Å²) in [5, 5.41) is 9.41. The zero-order chi connectivity index (χ0) is 21.6. The van der Waals surface area contributed by atoms with Crippen molar-refractivity contribution in [3.8, 4) is 0 Å². The van der Waals surface area contributed by atoms with E-state index in [1.807, 2.05) is 0 Å². The smallest absolute Gasteiger partial charge is 0.320 e. The number of likely N-dealkylation sites (N-methyl/N-ethyl adjacent to an activating group) is 1. The summed E-state index contributed by atoms with van der Waals surface area (Å²) in [6, 6.07) is -0.286. The highest BCUT2D eigenvalue weighted by atomic mass is 16.4. The van der Waals surface area contributed by atoms with Crippen LogP contribution in [-0.4, -0.2) is 35.1 Å². The zero-order valence-electron chi connectivity index (χ0n) is 20.2. The number of aliphatic carboxylic acids is 1. The molecule has 0 heterocycles. The molecular formula is C26H53NO2. The van der Waals surface area contributed by atoms with Gasteiger partial charge in [0.2, 0.25) is 0 Å². The second kappa shape index (κ2) is 22.1. The Kier molecular flexibility index (Phi) is 21.7. The van der Waals surface area contributed by atoms with Gasteiger partial charge in [0.15, 0.2) is 0 Å². The van der Waals surface area contributed by atoms with E-state index in [9.17, 15) is 9.90 Å².